The van der Waals surface area contributed by atoms with Crippen molar-refractivity contribution in [2.24, 2.45) is 0 Å². The van der Waals surface area contributed by atoms with Gasteiger partial charge < -0.3 is 22.8 Å². The first kappa shape index (κ1) is 19.4. The van der Waals surface area contributed by atoms with Crippen molar-refractivity contribution in [2.75, 3.05) is 6.54 Å². The average Bonchev–Trinajstić information content (AvgIpc) is 2.54. The topological polar surface area (TPSA) is 53.9 Å². The molecule has 124 valence electrons. The van der Waals surface area contributed by atoms with Crippen molar-refractivity contribution < 1.29 is 27.6 Å². The third-order valence-electron chi connectivity index (χ3n) is 3.89. The Morgan fingerprint density at radius 3 is 2.48 bits per heavy atom. The summed E-state index contributed by atoms with van der Waals surface area (Å²) in [5.41, 5.74) is 2.78. The lowest BCUT2D eigenvalue weighted by Crippen LogP contribution is -3.00. The number of aliphatic hydroxyl groups is 1. The van der Waals surface area contributed by atoms with Crippen molar-refractivity contribution >= 4 is 5.78 Å². The summed E-state index contributed by atoms with van der Waals surface area (Å²) in [6.07, 6.45) is -0.0368. The van der Waals surface area contributed by atoms with Crippen LogP contribution in [-0.2, 0) is 0 Å². The van der Waals surface area contributed by atoms with Gasteiger partial charge in [0.15, 0.2) is 5.78 Å². The number of Topliss-reactive ketones (excluding diaryl/α,β-unsaturated/α-hetero) is 1. The number of hydrogen-bond donors (Lipinski definition) is 2. The van der Waals surface area contributed by atoms with E-state index < -0.39 is 6.10 Å². The Labute approximate surface area is 144 Å². The summed E-state index contributed by atoms with van der Waals surface area (Å²) in [6.45, 7) is 4.65. The van der Waals surface area contributed by atoms with Crippen molar-refractivity contribution in [2.45, 2.75) is 32.4 Å². The molecular weight excluding hydrogens is 310 g/mol. The molecule has 0 amide bonds. The van der Waals surface area contributed by atoms with Crippen molar-refractivity contribution in [1.82, 2.24) is 0 Å². The molecule has 0 spiro atoms. The molecular formula is C19H24ClNO2. The van der Waals surface area contributed by atoms with Gasteiger partial charge in [0.05, 0.1) is 13.0 Å². The van der Waals surface area contributed by atoms with E-state index in [1.807, 2.05) is 73.8 Å². The highest BCUT2D eigenvalue weighted by Gasteiger charge is 2.19. The Hall–Kier alpha value is -1.68. The molecule has 4 heteroatoms. The largest absolute Gasteiger partial charge is 1.00 e. The highest BCUT2D eigenvalue weighted by Crippen LogP contribution is 2.13. The maximum atomic E-state index is 12.1. The number of quaternary nitrogens is 1. The predicted octanol–water partition coefficient (Wildman–Crippen LogP) is -0.743. The normalized spacial score (nSPS) is 13.0. The Balaban J connectivity index is 0.00000264. The minimum Gasteiger partial charge on any atom is -1.00 e. The van der Waals surface area contributed by atoms with E-state index in [0.717, 1.165) is 16.7 Å². The first-order valence-electron chi connectivity index (χ1n) is 7.74. The predicted molar refractivity (Wildman–Crippen MR) is 87.8 cm³/mol. The fourth-order valence-electron chi connectivity index (χ4n) is 2.52. The van der Waals surface area contributed by atoms with Crippen LogP contribution in [0.2, 0.25) is 0 Å². The molecule has 3 N–H and O–H groups in total. The van der Waals surface area contributed by atoms with E-state index in [1.54, 1.807) is 0 Å². The summed E-state index contributed by atoms with van der Waals surface area (Å²) < 4.78 is 0. The summed E-state index contributed by atoms with van der Waals surface area (Å²) >= 11 is 0. The van der Waals surface area contributed by atoms with Crippen molar-refractivity contribution in [1.29, 1.82) is 0 Å². The van der Waals surface area contributed by atoms with E-state index in [2.05, 4.69) is 0 Å². The Kier molecular flexibility index (Phi) is 7.96. The molecule has 2 aromatic rings. The SMILES string of the molecule is Cc1cccc(C(=O)CC[NH2+]C(C)C(O)c2ccccc2)c1.[Cl-]. The number of nitrogens with two attached hydrogens (primary N) is 1. The van der Waals surface area contributed by atoms with Crippen LogP contribution in [0.15, 0.2) is 54.6 Å². The van der Waals surface area contributed by atoms with Gasteiger partial charge in [0.2, 0.25) is 0 Å². The Morgan fingerprint density at radius 1 is 1.13 bits per heavy atom. The van der Waals surface area contributed by atoms with Gasteiger partial charge in [0, 0.05) is 5.56 Å². The smallest absolute Gasteiger partial charge is 0.168 e. The molecule has 0 fully saturated rings. The highest BCUT2D eigenvalue weighted by molar-refractivity contribution is 5.96. The molecule has 0 aliphatic rings. The van der Waals surface area contributed by atoms with E-state index in [1.165, 1.54) is 0 Å². The van der Waals surface area contributed by atoms with E-state index in [9.17, 15) is 9.90 Å². The summed E-state index contributed by atoms with van der Waals surface area (Å²) in [5, 5.41) is 12.3. The molecule has 3 nitrogen and oxygen atoms in total. The number of halogens is 1. The third kappa shape index (κ3) is 5.79. The van der Waals surface area contributed by atoms with Crippen LogP contribution >= 0.6 is 0 Å². The van der Waals surface area contributed by atoms with Crippen molar-refractivity contribution in [3.05, 3.63) is 71.3 Å². The number of ketones is 1. The zero-order chi connectivity index (χ0) is 15.9. The number of benzene rings is 2. The van der Waals surface area contributed by atoms with Gasteiger partial charge in [0.1, 0.15) is 12.1 Å². The van der Waals surface area contributed by atoms with Crippen LogP contribution in [0.1, 0.15) is 40.9 Å². The van der Waals surface area contributed by atoms with Crippen LogP contribution in [0.4, 0.5) is 0 Å². The van der Waals surface area contributed by atoms with Crippen LogP contribution in [0.3, 0.4) is 0 Å². The molecule has 0 aromatic heterocycles. The molecule has 2 unspecified atom stereocenters. The van der Waals surface area contributed by atoms with E-state index >= 15 is 0 Å². The van der Waals surface area contributed by atoms with Crippen LogP contribution in [0.5, 0.6) is 0 Å². The lowest BCUT2D eigenvalue weighted by Gasteiger charge is -2.17. The molecule has 0 saturated carbocycles. The quantitative estimate of drug-likeness (QED) is 0.656. The van der Waals surface area contributed by atoms with E-state index in [4.69, 9.17) is 0 Å². The number of aryl methyl sites for hydroxylation is 1. The first-order chi connectivity index (χ1) is 10.6. The summed E-state index contributed by atoms with van der Waals surface area (Å²) in [5.74, 6) is 0.154. The minimum absolute atomic E-state index is 0. The van der Waals surface area contributed by atoms with Crippen LogP contribution in [0, 0.1) is 6.92 Å². The molecule has 2 atom stereocenters. The van der Waals surface area contributed by atoms with Crippen LogP contribution < -0.4 is 17.7 Å². The van der Waals surface area contributed by atoms with Crippen molar-refractivity contribution in [3.8, 4) is 0 Å². The lowest BCUT2D eigenvalue weighted by atomic mass is 10.0. The van der Waals surface area contributed by atoms with Gasteiger partial charge in [-0.2, -0.15) is 0 Å². The molecule has 0 heterocycles. The number of carbonyl (C=O) groups excluding carboxylic acids is 1. The first-order valence-corrected chi connectivity index (χ1v) is 7.74. The number of rotatable bonds is 7. The van der Waals surface area contributed by atoms with Crippen LogP contribution in [-0.4, -0.2) is 23.5 Å². The van der Waals surface area contributed by atoms with Gasteiger partial charge in [-0.25, -0.2) is 0 Å². The standard InChI is InChI=1S/C19H23NO2.ClH/c1-14-7-6-10-17(13-14)18(21)11-12-20-15(2)19(22)16-8-4-3-5-9-16;/h3-10,13,15,19-20,22H,11-12H2,1-2H3;1H. The summed E-state index contributed by atoms with van der Waals surface area (Å²) in [6, 6.07) is 17.3. The van der Waals surface area contributed by atoms with E-state index in [-0.39, 0.29) is 24.2 Å². The molecule has 2 rings (SSSR count). The number of hydrogen-bond acceptors (Lipinski definition) is 2. The van der Waals surface area contributed by atoms with E-state index in [0.29, 0.717) is 13.0 Å². The zero-order valence-electron chi connectivity index (χ0n) is 13.6. The second-order valence-corrected chi connectivity index (χ2v) is 5.78. The fraction of sp³-hybridized carbons (Fsp3) is 0.316. The summed E-state index contributed by atoms with van der Waals surface area (Å²) in [4.78, 5) is 12.1. The molecule has 2 aromatic carbocycles. The molecule has 0 saturated heterocycles. The average molecular weight is 334 g/mol. The highest BCUT2D eigenvalue weighted by atomic mass is 35.5. The van der Waals surface area contributed by atoms with Crippen LogP contribution in [0.25, 0.3) is 0 Å². The monoisotopic (exact) mass is 333 g/mol. The van der Waals surface area contributed by atoms with Gasteiger partial charge in [-0.1, -0.05) is 54.1 Å². The van der Waals surface area contributed by atoms with Gasteiger partial charge >= 0.3 is 0 Å². The van der Waals surface area contributed by atoms with Gasteiger partial charge in [-0.3, -0.25) is 4.79 Å². The van der Waals surface area contributed by atoms with Crippen molar-refractivity contribution in [3.63, 3.8) is 0 Å². The Morgan fingerprint density at radius 2 is 1.83 bits per heavy atom. The fourth-order valence-corrected chi connectivity index (χ4v) is 2.52. The summed E-state index contributed by atoms with van der Waals surface area (Å²) in [7, 11) is 0. The zero-order valence-corrected chi connectivity index (χ0v) is 14.3. The lowest BCUT2D eigenvalue weighted by molar-refractivity contribution is -0.693. The van der Waals surface area contributed by atoms with Gasteiger partial charge in [0.25, 0.3) is 0 Å². The molecule has 23 heavy (non-hydrogen) atoms. The van der Waals surface area contributed by atoms with Gasteiger partial charge in [-0.15, -0.1) is 0 Å². The van der Waals surface area contributed by atoms with Gasteiger partial charge in [-0.05, 0) is 25.5 Å². The molecule has 0 radical (unpaired) electrons. The molecule has 0 aliphatic carbocycles. The number of carbonyl (C=O) groups is 1. The molecule has 0 aliphatic heterocycles. The minimum atomic E-state index is -0.518. The Bertz CT molecular complexity index is 616. The maximum absolute atomic E-state index is 12.1. The molecule has 0 bridgehead atoms. The second-order valence-electron chi connectivity index (χ2n) is 5.78. The third-order valence-corrected chi connectivity index (χ3v) is 3.89. The second kappa shape index (κ2) is 9.46. The maximum Gasteiger partial charge on any atom is 0.168 e. The number of aliphatic hydroxyl groups excluding tert-OH is 1.